The molecule has 7 heteroatoms. The number of para-hydroxylation sites is 1. The third-order valence-electron chi connectivity index (χ3n) is 3.71. The number of furan rings is 1. The van der Waals surface area contributed by atoms with Gasteiger partial charge in [-0.1, -0.05) is 12.1 Å². The van der Waals surface area contributed by atoms with Gasteiger partial charge in [-0.3, -0.25) is 0 Å². The van der Waals surface area contributed by atoms with Gasteiger partial charge in [-0.25, -0.2) is 9.37 Å². The summed E-state index contributed by atoms with van der Waals surface area (Å²) in [6, 6.07) is 17.5. The molecule has 2 aromatic heterocycles. The Labute approximate surface area is 155 Å². The van der Waals surface area contributed by atoms with Crippen molar-refractivity contribution in [3.05, 3.63) is 78.5 Å². The van der Waals surface area contributed by atoms with E-state index in [-0.39, 0.29) is 18.2 Å². The van der Waals surface area contributed by atoms with Crippen molar-refractivity contribution in [1.82, 2.24) is 9.97 Å². The molecular formula is C19H16ClFN4O. The first-order valence-corrected chi connectivity index (χ1v) is 7.83. The molecule has 4 aromatic rings. The summed E-state index contributed by atoms with van der Waals surface area (Å²) in [6.45, 7) is 0.518. The molecule has 2 N–H and O–H groups in total. The lowest BCUT2D eigenvalue weighted by atomic mass is 10.2. The summed E-state index contributed by atoms with van der Waals surface area (Å²) in [6.07, 6.45) is 1.64. The summed E-state index contributed by atoms with van der Waals surface area (Å²) in [4.78, 5) is 9.07. The molecule has 0 aliphatic heterocycles. The van der Waals surface area contributed by atoms with E-state index in [2.05, 4.69) is 20.6 Å². The quantitative estimate of drug-likeness (QED) is 0.509. The Morgan fingerprint density at radius 2 is 1.73 bits per heavy atom. The lowest BCUT2D eigenvalue weighted by molar-refractivity contribution is 0.518. The Bertz CT molecular complexity index is 990. The van der Waals surface area contributed by atoms with Crippen molar-refractivity contribution in [2.45, 2.75) is 6.54 Å². The molecule has 4 rings (SSSR count). The second-order valence-electron chi connectivity index (χ2n) is 5.48. The minimum Gasteiger partial charge on any atom is -0.467 e. The van der Waals surface area contributed by atoms with E-state index in [0.717, 1.165) is 16.7 Å². The van der Waals surface area contributed by atoms with Crippen LogP contribution in [0.4, 0.5) is 21.8 Å². The largest absolute Gasteiger partial charge is 0.467 e. The highest BCUT2D eigenvalue weighted by Crippen LogP contribution is 2.24. The van der Waals surface area contributed by atoms with Gasteiger partial charge in [0.1, 0.15) is 17.4 Å². The van der Waals surface area contributed by atoms with Crippen LogP contribution >= 0.6 is 12.4 Å². The van der Waals surface area contributed by atoms with Crippen LogP contribution in [0.15, 0.2) is 71.3 Å². The van der Waals surface area contributed by atoms with Gasteiger partial charge in [0.2, 0.25) is 5.95 Å². The van der Waals surface area contributed by atoms with E-state index in [4.69, 9.17) is 4.42 Å². The van der Waals surface area contributed by atoms with E-state index in [1.165, 1.54) is 12.1 Å². The van der Waals surface area contributed by atoms with Gasteiger partial charge in [0.25, 0.3) is 0 Å². The molecule has 0 unspecified atom stereocenters. The van der Waals surface area contributed by atoms with Crippen LogP contribution in [-0.4, -0.2) is 9.97 Å². The second-order valence-corrected chi connectivity index (χ2v) is 5.48. The maximum absolute atomic E-state index is 13.1. The number of benzene rings is 2. The van der Waals surface area contributed by atoms with Crippen LogP contribution in [0.2, 0.25) is 0 Å². The molecule has 0 aliphatic rings. The number of nitrogens with zero attached hydrogens (tertiary/aromatic N) is 2. The van der Waals surface area contributed by atoms with Crippen molar-refractivity contribution in [2.24, 2.45) is 0 Å². The molecular weight excluding hydrogens is 355 g/mol. The number of rotatable bonds is 5. The first-order chi connectivity index (χ1) is 12.3. The molecule has 0 fully saturated rings. The molecule has 0 saturated heterocycles. The Kier molecular flexibility index (Phi) is 5.34. The molecule has 0 amide bonds. The monoisotopic (exact) mass is 370 g/mol. The molecule has 0 saturated carbocycles. The number of fused-ring (bicyclic) bond motifs is 1. The lowest BCUT2D eigenvalue weighted by Crippen LogP contribution is -2.05. The SMILES string of the molecule is Cl.Fc1ccc(Nc2nc(NCc3ccco3)c3ccccc3n2)cc1. The molecule has 132 valence electrons. The minimum atomic E-state index is -0.286. The van der Waals surface area contributed by atoms with Crippen LogP contribution in [0.25, 0.3) is 10.9 Å². The minimum absolute atomic E-state index is 0. The standard InChI is InChI=1S/C19H15FN4O.ClH/c20-13-7-9-14(10-8-13)22-19-23-17-6-2-1-5-16(17)18(24-19)21-12-15-4-3-11-25-15;/h1-11H,12H2,(H2,21,22,23,24);1H. The highest BCUT2D eigenvalue weighted by molar-refractivity contribution is 5.90. The van der Waals surface area contributed by atoms with Gasteiger partial charge in [0.05, 0.1) is 18.3 Å². The summed E-state index contributed by atoms with van der Waals surface area (Å²) in [5.74, 6) is 1.67. The van der Waals surface area contributed by atoms with E-state index < -0.39 is 0 Å². The van der Waals surface area contributed by atoms with Gasteiger partial charge < -0.3 is 15.1 Å². The fourth-order valence-corrected chi connectivity index (χ4v) is 2.51. The van der Waals surface area contributed by atoms with Crippen molar-refractivity contribution in [3.8, 4) is 0 Å². The maximum atomic E-state index is 13.1. The van der Waals surface area contributed by atoms with Crippen LogP contribution in [0.5, 0.6) is 0 Å². The predicted octanol–water partition coefficient (Wildman–Crippen LogP) is 5.14. The third kappa shape index (κ3) is 3.92. The van der Waals surface area contributed by atoms with E-state index in [9.17, 15) is 4.39 Å². The van der Waals surface area contributed by atoms with E-state index in [0.29, 0.717) is 24.0 Å². The van der Waals surface area contributed by atoms with Crippen molar-refractivity contribution < 1.29 is 8.81 Å². The van der Waals surface area contributed by atoms with Crippen LogP contribution < -0.4 is 10.6 Å². The molecule has 2 aromatic carbocycles. The summed E-state index contributed by atoms with van der Waals surface area (Å²) >= 11 is 0. The zero-order chi connectivity index (χ0) is 17.1. The third-order valence-corrected chi connectivity index (χ3v) is 3.71. The number of nitrogens with one attached hydrogen (secondary N) is 2. The average Bonchev–Trinajstić information content (AvgIpc) is 3.15. The first-order valence-electron chi connectivity index (χ1n) is 7.83. The average molecular weight is 371 g/mol. The summed E-state index contributed by atoms with van der Waals surface area (Å²) in [7, 11) is 0. The smallest absolute Gasteiger partial charge is 0.229 e. The number of aromatic nitrogens is 2. The fraction of sp³-hybridized carbons (Fsp3) is 0.0526. The molecule has 0 radical (unpaired) electrons. The molecule has 26 heavy (non-hydrogen) atoms. The van der Waals surface area contributed by atoms with Gasteiger partial charge in [0, 0.05) is 11.1 Å². The van der Waals surface area contributed by atoms with Gasteiger partial charge in [-0.2, -0.15) is 4.98 Å². The first kappa shape index (κ1) is 17.7. The molecule has 0 atom stereocenters. The van der Waals surface area contributed by atoms with Gasteiger partial charge in [0.15, 0.2) is 0 Å². The maximum Gasteiger partial charge on any atom is 0.229 e. The Hall–Kier alpha value is -3.12. The zero-order valence-electron chi connectivity index (χ0n) is 13.6. The lowest BCUT2D eigenvalue weighted by Gasteiger charge is -2.11. The van der Waals surface area contributed by atoms with Gasteiger partial charge >= 0.3 is 0 Å². The molecule has 0 bridgehead atoms. The Morgan fingerprint density at radius 1 is 0.923 bits per heavy atom. The van der Waals surface area contributed by atoms with Crippen molar-refractivity contribution in [2.75, 3.05) is 10.6 Å². The Balaban J connectivity index is 0.00000196. The van der Waals surface area contributed by atoms with Crippen LogP contribution in [0.1, 0.15) is 5.76 Å². The topological polar surface area (TPSA) is 63.0 Å². The Morgan fingerprint density at radius 3 is 2.50 bits per heavy atom. The predicted molar refractivity (Wildman–Crippen MR) is 103 cm³/mol. The molecule has 5 nitrogen and oxygen atoms in total. The number of hydrogen-bond donors (Lipinski definition) is 2. The molecule has 0 spiro atoms. The summed E-state index contributed by atoms with van der Waals surface area (Å²) < 4.78 is 18.4. The highest BCUT2D eigenvalue weighted by Gasteiger charge is 2.08. The second kappa shape index (κ2) is 7.84. The number of halogens is 2. The van der Waals surface area contributed by atoms with Crippen LogP contribution in [-0.2, 0) is 6.54 Å². The van der Waals surface area contributed by atoms with Crippen molar-refractivity contribution in [1.29, 1.82) is 0 Å². The normalized spacial score (nSPS) is 10.3. The van der Waals surface area contributed by atoms with Crippen molar-refractivity contribution in [3.63, 3.8) is 0 Å². The summed E-state index contributed by atoms with van der Waals surface area (Å²) in [5, 5.41) is 7.30. The zero-order valence-corrected chi connectivity index (χ0v) is 14.5. The van der Waals surface area contributed by atoms with Crippen LogP contribution in [0.3, 0.4) is 0 Å². The number of anilines is 3. The van der Waals surface area contributed by atoms with E-state index in [1.54, 1.807) is 18.4 Å². The number of hydrogen-bond acceptors (Lipinski definition) is 5. The van der Waals surface area contributed by atoms with E-state index in [1.807, 2.05) is 36.4 Å². The van der Waals surface area contributed by atoms with E-state index >= 15 is 0 Å². The van der Waals surface area contributed by atoms with Gasteiger partial charge in [-0.05, 0) is 48.5 Å². The van der Waals surface area contributed by atoms with Gasteiger partial charge in [-0.15, -0.1) is 12.4 Å². The van der Waals surface area contributed by atoms with Crippen LogP contribution in [0, 0.1) is 5.82 Å². The fourth-order valence-electron chi connectivity index (χ4n) is 2.51. The summed E-state index contributed by atoms with van der Waals surface area (Å²) in [5.41, 5.74) is 1.53. The molecule has 0 aliphatic carbocycles. The highest BCUT2D eigenvalue weighted by atomic mass is 35.5. The molecule has 2 heterocycles. The van der Waals surface area contributed by atoms with Crippen molar-refractivity contribution >= 4 is 40.8 Å².